The van der Waals surface area contributed by atoms with Gasteiger partial charge in [0, 0.05) is 44.7 Å². The Bertz CT molecular complexity index is 416. The van der Waals surface area contributed by atoms with Gasteiger partial charge in [-0.25, -0.2) is 9.57 Å². The second-order valence-electron chi connectivity index (χ2n) is 6.20. The average molecular weight is 372 g/mol. The van der Waals surface area contributed by atoms with Crippen molar-refractivity contribution in [3.05, 3.63) is 17.5 Å². The van der Waals surface area contributed by atoms with Gasteiger partial charge in [0.05, 0.1) is 17.8 Å². The third-order valence-corrected chi connectivity index (χ3v) is 3.37. The van der Waals surface area contributed by atoms with Crippen LogP contribution in [0.4, 0.5) is 5.82 Å². The molecule has 6 nitrogen and oxygen atoms in total. The van der Waals surface area contributed by atoms with Crippen molar-refractivity contribution in [2.24, 2.45) is 0 Å². The van der Waals surface area contributed by atoms with Crippen LogP contribution in [0.25, 0.3) is 5.73 Å². The number of nitrogens with two attached hydrogens (primary N) is 1. The third kappa shape index (κ3) is 6.32. The van der Waals surface area contributed by atoms with E-state index in [1.54, 1.807) is 6.92 Å². The van der Waals surface area contributed by atoms with Crippen molar-refractivity contribution in [3.8, 4) is 0 Å². The van der Waals surface area contributed by atoms with Gasteiger partial charge >= 0.3 is 0 Å². The Morgan fingerprint density at radius 2 is 2.05 bits per heavy atom. The number of nitrogens with zero attached hydrogens (tertiary/aromatic N) is 2. The number of rotatable bonds is 2. The molecule has 4 N–H and O–H groups in total. The number of nitrogen functional groups attached to an aromatic ring is 1. The first-order chi connectivity index (χ1) is 9.29. The van der Waals surface area contributed by atoms with Crippen LogP contribution < -0.4 is 5.73 Å². The first kappa shape index (κ1) is 21.0. The third-order valence-electron chi connectivity index (χ3n) is 3.37. The second kappa shape index (κ2) is 9.20. The van der Waals surface area contributed by atoms with Crippen molar-refractivity contribution in [1.29, 1.82) is 0 Å². The van der Waals surface area contributed by atoms with Crippen LogP contribution in [0, 0.1) is 0 Å². The summed E-state index contributed by atoms with van der Waals surface area (Å²) in [4.78, 5) is 3.54. The van der Waals surface area contributed by atoms with E-state index in [2.05, 4.69) is 30.8 Å². The first-order valence-corrected chi connectivity index (χ1v) is 7.13. The standard InChI is InChI=1S/C12H21N4.C2H6O2.Y/c1-12(2,3)16-11(14)7-10(15-16)8-4-5-9(13)6-8;1-2-4-3;/h7-9,13H,4-6,14H2,1-3H3;3H,2H2,1H3;/q-1;;. The topological polar surface area (TPSA) is 97.1 Å². The minimum absolute atomic E-state index is 0. The zero-order chi connectivity index (χ0) is 15.3. The molecule has 0 bridgehead atoms. The molecule has 2 atom stereocenters. The molecule has 0 amide bonds. The van der Waals surface area contributed by atoms with Gasteiger partial charge in [0.15, 0.2) is 0 Å². The summed E-state index contributed by atoms with van der Waals surface area (Å²) >= 11 is 0. The van der Waals surface area contributed by atoms with Crippen LogP contribution >= 0.6 is 0 Å². The maximum Gasteiger partial charge on any atom is 0.122 e. The molecule has 119 valence electrons. The van der Waals surface area contributed by atoms with Crippen LogP contribution in [0.3, 0.4) is 0 Å². The van der Waals surface area contributed by atoms with E-state index in [1.165, 1.54) is 0 Å². The Morgan fingerprint density at radius 1 is 1.48 bits per heavy atom. The number of nitrogens with one attached hydrogen (secondary N) is 1. The fraction of sp³-hybridized carbons (Fsp3) is 0.786. The monoisotopic (exact) mass is 372 g/mol. The van der Waals surface area contributed by atoms with Crippen LogP contribution in [0.5, 0.6) is 0 Å². The molecule has 0 aliphatic heterocycles. The molecule has 1 radical (unpaired) electrons. The largest absolute Gasteiger partial charge is 0.675 e. The molecule has 1 aromatic rings. The van der Waals surface area contributed by atoms with Crippen LogP contribution in [-0.2, 0) is 43.1 Å². The van der Waals surface area contributed by atoms with Gasteiger partial charge in [-0.05, 0) is 34.1 Å². The normalized spacial score (nSPS) is 21.4. The second-order valence-corrected chi connectivity index (χ2v) is 6.20. The summed E-state index contributed by atoms with van der Waals surface area (Å²) in [5, 5.41) is 12.0. The number of hydrogen-bond acceptors (Lipinski definition) is 4. The first-order valence-electron chi connectivity index (χ1n) is 7.13. The van der Waals surface area contributed by atoms with E-state index < -0.39 is 0 Å². The Kier molecular flexibility index (Phi) is 9.20. The molecule has 7 heteroatoms. The molecule has 0 spiro atoms. The molecule has 2 unspecified atom stereocenters. The van der Waals surface area contributed by atoms with E-state index in [-0.39, 0.29) is 44.3 Å². The number of hydrogen-bond donors (Lipinski definition) is 2. The number of anilines is 1. The summed E-state index contributed by atoms with van der Waals surface area (Å²) in [6.07, 6.45) is 3.00. The minimum Gasteiger partial charge on any atom is -0.675 e. The van der Waals surface area contributed by atoms with Crippen molar-refractivity contribution in [2.45, 2.75) is 64.5 Å². The van der Waals surface area contributed by atoms with Crippen LogP contribution in [0.1, 0.15) is 58.6 Å². The molecular formula is C14H27N4O2Y-. The van der Waals surface area contributed by atoms with Crippen molar-refractivity contribution in [3.63, 3.8) is 0 Å². The van der Waals surface area contributed by atoms with Gasteiger partial charge in [0.1, 0.15) is 5.82 Å². The Hall–Kier alpha value is -0.00610. The summed E-state index contributed by atoms with van der Waals surface area (Å²) in [6.45, 7) is 8.38. The molecular weight excluding hydrogens is 345 g/mol. The van der Waals surface area contributed by atoms with E-state index in [0.29, 0.717) is 12.5 Å². The molecule has 21 heavy (non-hydrogen) atoms. The number of aromatic nitrogens is 2. The zero-order valence-electron chi connectivity index (χ0n) is 13.5. The summed E-state index contributed by atoms with van der Waals surface area (Å²) in [7, 11) is 0. The van der Waals surface area contributed by atoms with E-state index >= 15 is 0 Å². The summed E-state index contributed by atoms with van der Waals surface area (Å²) in [5.74, 6) is 1.17. The van der Waals surface area contributed by atoms with E-state index in [0.717, 1.165) is 30.8 Å². The van der Waals surface area contributed by atoms with Gasteiger partial charge in [-0.2, -0.15) is 5.10 Å². The quantitative estimate of drug-likeness (QED) is 0.614. The summed E-state index contributed by atoms with van der Waals surface area (Å²) in [5.41, 5.74) is 14.7. The van der Waals surface area contributed by atoms with Gasteiger partial charge < -0.3 is 11.5 Å². The van der Waals surface area contributed by atoms with Gasteiger partial charge in [0.25, 0.3) is 0 Å². The molecule has 1 aliphatic rings. The summed E-state index contributed by atoms with van der Waals surface area (Å²) < 4.78 is 1.89. The predicted octanol–water partition coefficient (Wildman–Crippen LogP) is 3.40. The van der Waals surface area contributed by atoms with Crippen molar-refractivity contribution < 1.29 is 42.9 Å². The van der Waals surface area contributed by atoms with Crippen LogP contribution in [0.2, 0.25) is 0 Å². The van der Waals surface area contributed by atoms with Crippen molar-refractivity contribution in [2.75, 3.05) is 12.3 Å². The summed E-state index contributed by atoms with van der Waals surface area (Å²) in [6, 6.07) is 2.07. The molecule has 1 aliphatic carbocycles. The average Bonchev–Trinajstić information content (AvgIpc) is 2.95. The molecule has 2 rings (SSSR count). The van der Waals surface area contributed by atoms with E-state index in [1.807, 2.05) is 10.7 Å². The Balaban J connectivity index is 0.000000715. The molecule has 1 aromatic heterocycles. The Morgan fingerprint density at radius 3 is 2.38 bits per heavy atom. The van der Waals surface area contributed by atoms with E-state index in [4.69, 9.17) is 16.7 Å². The molecule has 1 saturated carbocycles. The molecule has 1 heterocycles. The maximum absolute atomic E-state index is 7.73. The van der Waals surface area contributed by atoms with Crippen LogP contribution in [0.15, 0.2) is 6.07 Å². The molecule has 1 fully saturated rings. The van der Waals surface area contributed by atoms with Gasteiger partial charge in [-0.1, -0.05) is 12.8 Å². The van der Waals surface area contributed by atoms with Gasteiger partial charge in [-0.3, -0.25) is 5.26 Å². The fourth-order valence-electron chi connectivity index (χ4n) is 2.40. The predicted molar refractivity (Wildman–Crippen MR) is 80.6 cm³/mol. The van der Waals surface area contributed by atoms with Crippen molar-refractivity contribution in [1.82, 2.24) is 9.78 Å². The molecule has 0 aromatic carbocycles. The molecule has 0 saturated heterocycles. The minimum atomic E-state index is -0.0682. The van der Waals surface area contributed by atoms with Crippen LogP contribution in [-0.4, -0.2) is 27.7 Å². The maximum atomic E-state index is 7.73. The van der Waals surface area contributed by atoms with Crippen molar-refractivity contribution >= 4 is 5.82 Å². The SMILES string of the molecule is CC(C)(C)n1nc(C2CCC([NH-])C2)cc1N.CCOO.[Y]. The Labute approximate surface area is 152 Å². The fourth-order valence-corrected chi connectivity index (χ4v) is 2.40. The zero-order valence-corrected chi connectivity index (χ0v) is 16.3. The van der Waals surface area contributed by atoms with Gasteiger partial charge in [-0.15, -0.1) is 6.04 Å². The van der Waals surface area contributed by atoms with E-state index in [9.17, 15) is 0 Å². The van der Waals surface area contributed by atoms with Gasteiger partial charge in [0.2, 0.25) is 0 Å². The smallest absolute Gasteiger partial charge is 0.122 e.